The van der Waals surface area contributed by atoms with E-state index in [-0.39, 0.29) is 17.3 Å². The van der Waals surface area contributed by atoms with Gasteiger partial charge in [-0.2, -0.15) is 0 Å². The van der Waals surface area contributed by atoms with Crippen molar-refractivity contribution in [3.63, 3.8) is 0 Å². The molecule has 0 fully saturated rings. The number of benzene rings is 3. The number of amides is 2. The van der Waals surface area contributed by atoms with E-state index in [1.807, 2.05) is 31.2 Å². The van der Waals surface area contributed by atoms with E-state index < -0.39 is 28.5 Å². The molecule has 1 N–H and O–H groups in total. The maximum Gasteiger partial charge on any atom is 0.264 e. The number of sulfonamides is 1. The van der Waals surface area contributed by atoms with Crippen molar-refractivity contribution in [1.82, 2.24) is 10.2 Å². The van der Waals surface area contributed by atoms with Crippen LogP contribution in [0.4, 0.5) is 5.69 Å². The maximum absolute atomic E-state index is 13.8. The van der Waals surface area contributed by atoms with Gasteiger partial charge in [0.05, 0.1) is 10.6 Å². The van der Waals surface area contributed by atoms with E-state index in [4.69, 9.17) is 0 Å². The first-order chi connectivity index (χ1) is 17.6. The van der Waals surface area contributed by atoms with Gasteiger partial charge in [0.2, 0.25) is 11.8 Å². The minimum atomic E-state index is -4.08. The Labute approximate surface area is 235 Å². The van der Waals surface area contributed by atoms with Gasteiger partial charge in [0.15, 0.2) is 0 Å². The first-order valence-corrected chi connectivity index (χ1v) is 14.8. The van der Waals surface area contributed by atoms with Crippen molar-refractivity contribution >= 4 is 59.4 Å². The summed E-state index contributed by atoms with van der Waals surface area (Å²) < 4.78 is 30.0. The number of rotatable bonds is 11. The second-order valence-electron chi connectivity index (χ2n) is 8.42. The summed E-state index contributed by atoms with van der Waals surface area (Å²) in [5.41, 5.74) is 1.13. The number of hydrogen-bond donors (Lipinski definition) is 1. The van der Waals surface area contributed by atoms with E-state index in [9.17, 15) is 18.0 Å². The van der Waals surface area contributed by atoms with Crippen LogP contribution in [0.5, 0.6) is 0 Å². The number of nitrogens with zero attached hydrogens (tertiary/aromatic N) is 2. The quantitative estimate of drug-likeness (QED) is 0.303. The highest BCUT2D eigenvalue weighted by Gasteiger charge is 2.32. The average molecular weight is 651 g/mol. The van der Waals surface area contributed by atoms with Crippen molar-refractivity contribution < 1.29 is 18.0 Å². The Hall–Kier alpha value is -2.69. The third-order valence-corrected chi connectivity index (χ3v) is 8.44. The average Bonchev–Trinajstić information content (AvgIpc) is 2.88. The number of hydrogen-bond acceptors (Lipinski definition) is 4. The second kappa shape index (κ2) is 13.2. The molecule has 3 aromatic rings. The van der Waals surface area contributed by atoms with Crippen molar-refractivity contribution in [2.75, 3.05) is 17.4 Å². The topological polar surface area (TPSA) is 86.8 Å². The Morgan fingerprint density at radius 1 is 0.919 bits per heavy atom. The van der Waals surface area contributed by atoms with Gasteiger partial charge >= 0.3 is 0 Å². The number of halogens is 2. The van der Waals surface area contributed by atoms with Gasteiger partial charge in [-0.15, -0.1) is 0 Å². The molecule has 0 spiro atoms. The van der Waals surface area contributed by atoms with Gasteiger partial charge in [-0.25, -0.2) is 8.42 Å². The molecule has 0 aliphatic carbocycles. The lowest BCUT2D eigenvalue weighted by atomic mass is 10.1. The molecule has 0 saturated heterocycles. The van der Waals surface area contributed by atoms with Crippen molar-refractivity contribution in [2.45, 2.75) is 37.8 Å². The Kier molecular flexibility index (Phi) is 10.3. The van der Waals surface area contributed by atoms with Gasteiger partial charge in [0.25, 0.3) is 10.0 Å². The van der Waals surface area contributed by atoms with Crippen LogP contribution in [0.1, 0.15) is 25.8 Å². The maximum atomic E-state index is 13.8. The lowest BCUT2D eigenvalue weighted by Crippen LogP contribution is -2.51. The van der Waals surface area contributed by atoms with Crippen LogP contribution >= 0.6 is 31.9 Å². The molecule has 3 aromatic carbocycles. The van der Waals surface area contributed by atoms with Gasteiger partial charge in [-0.05, 0) is 61.4 Å². The summed E-state index contributed by atoms with van der Waals surface area (Å²) in [5.74, 6) is -0.802. The fraction of sp³-hybridized carbons (Fsp3) is 0.259. The molecule has 1 unspecified atom stereocenters. The van der Waals surface area contributed by atoms with Crippen LogP contribution in [0.2, 0.25) is 0 Å². The van der Waals surface area contributed by atoms with Crippen LogP contribution in [0.15, 0.2) is 92.7 Å². The van der Waals surface area contributed by atoms with Gasteiger partial charge in [0, 0.05) is 22.0 Å². The minimum Gasteiger partial charge on any atom is -0.354 e. The normalized spacial score (nSPS) is 12.0. The van der Waals surface area contributed by atoms with Gasteiger partial charge in [-0.1, -0.05) is 75.2 Å². The fourth-order valence-electron chi connectivity index (χ4n) is 3.69. The van der Waals surface area contributed by atoms with Crippen LogP contribution in [0.3, 0.4) is 0 Å². The molecule has 0 heterocycles. The number of anilines is 1. The zero-order chi connectivity index (χ0) is 27.0. The molecule has 1 atom stereocenters. The third-order valence-electron chi connectivity index (χ3n) is 5.66. The van der Waals surface area contributed by atoms with Gasteiger partial charge < -0.3 is 10.2 Å². The molecule has 196 valence electrons. The summed E-state index contributed by atoms with van der Waals surface area (Å²) in [7, 11) is -4.08. The minimum absolute atomic E-state index is 0.0649. The highest BCUT2D eigenvalue weighted by molar-refractivity contribution is 9.10. The summed E-state index contributed by atoms with van der Waals surface area (Å²) in [6.07, 6.45) is 0.754. The van der Waals surface area contributed by atoms with Crippen molar-refractivity contribution in [1.29, 1.82) is 0 Å². The molecule has 0 aliphatic heterocycles. The molecular formula is C27H29Br2N3O4S. The van der Waals surface area contributed by atoms with Crippen molar-refractivity contribution in [3.8, 4) is 0 Å². The predicted molar refractivity (Wildman–Crippen MR) is 153 cm³/mol. The molecular weight excluding hydrogens is 622 g/mol. The first kappa shape index (κ1) is 28.9. The number of nitrogens with one attached hydrogen (secondary N) is 1. The van der Waals surface area contributed by atoms with Crippen LogP contribution in [-0.2, 0) is 26.2 Å². The standard InChI is InChI=1S/C27H29Br2N3O4S/c1-3-15-30-27(34)20(2)31(18-21-9-7-10-22(28)16-21)26(33)19-32(24-12-8-11-23(29)17-24)37(35,36)25-13-5-4-6-14-25/h4-14,16-17,20H,3,15,18-19H2,1-2H3,(H,30,34). The van der Waals surface area contributed by atoms with Crippen LogP contribution in [-0.4, -0.2) is 44.3 Å². The monoisotopic (exact) mass is 649 g/mol. The van der Waals surface area contributed by atoms with E-state index in [2.05, 4.69) is 37.2 Å². The first-order valence-electron chi connectivity index (χ1n) is 11.8. The SMILES string of the molecule is CCCNC(=O)C(C)N(Cc1cccc(Br)c1)C(=O)CN(c1cccc(Br)c1)S(=O)(=O)c1ccccc1. The molecule has 10 heteroatoms. The Balaban J connectivity index is 2.01. The smallest absolute Gasteiger partial charge is 0.264 e. The molecule has 37 heavy (non-hydrogen) atoms. The third kappa shape index (κ3) is 7.66. The summed E-state index contributed by atoms with van der Waals surface area (Å²) >= 11 is 6.84. The molecule has 2 amide bonds. The molecule has 3 rings (SSSR count). The Morgan fingerprint density at radius 3 is 2.19 bits per heavy atom. The van der Waals surface area contributed by atoms with E-state index in [1.165, 1.54) is 17.0 Å². The van der Waals surface area contributed by atoms with Gasteiger partial charge in [-0.3, -0.25) is 13.9 Å². The lowest BCUT2D eigenvalue weighted by Gasteiger charge is -2.32. The largest absolute Gasteiger partial charge is 0.354 e. The van der Waals surface area contributed by atoms with E-state index in [0.717, 1.165) is 20.8 Å². The number of carbonyl (C=O) groups is 2. The highest BCUT2D eigenvalue weighted by atomic mass is 79.9. The summed E-state index contributed by atoms with van der Waals surface area (Å²) in [6.45, 7) is 3.73. The van der Waals surface area contributed by atoms with E-state index in [0.29, 0.717) is 16.7 Å². The van der Waals surface area contributed by atoms with Crippen molar-refractivity contribution in [2.24, 2.45) is 0 Å². The van der Waals surface area contributed by atoms with E-state index in [1.54, 1.807) is 49.4 Å². The Morgan fingerprint density at radius 2 is 1.57 bits per heavy atom. The second-order valence-corrected chi connectivity index (χ2v) is 12.1. The van der Waals surface area contributed by atoms with Crippen LogP contribution in [0, 0.1) is 0 Å². The summed E-state index contributed by atoms with van der Waals surface area (Å²) in [4.78, 5) is 28.2. The van der Waals surface area contributed by atoms with Gasteiger partial charge in [0.1, 0.15) is 12.6 Å². The predicted octanol–water partition coefficient (Wildman–Crippen LogP) is 5.35. The molecule has 0 saturated carbocycles. The zero-order valence-corrected chi connectivity index (χ0v) is 24.6. The zero-order valence-electron chi connectivity index (χ0n) is 20.6. The van der Waals surface area contributed by atoms with Crippen LogP contribution < -0.4 is 9.62 Å². The highest BCUT2D eigenvalue weighted by Crippen LogP contribution is 2.27. The summed E-state index contributed by atoms with van der Waals surface area (Å²) in [6, 6.07) is 21.3. The number of carbonyl (C=O) groups excluding carboxylic acids is 2. The van der Waals surface area contributed by atoms with E-state index >= 15 is 0 Å². The van der Waals surface area contributed by atoms with Crippen LogP contribution in [0.25, 0.3) is 0 Å². The molecule has 0 aliphatic rings. The lowest BCUT2D eigenvalue weighted by molar-refractivity contribution is -0.139. The summed E-state index contributed by atoms with van der Waals surface area (Å²) in [5, 5.41) is 2.83. The molecule has 0 radical (unpaired) electrons. The van der Waals surface area contributed by atoms with Crippen molar-refractivity contribution in [3.05, 3.63) is 93.4 Å². The molecule has 7 nitrogen and oxygen atoms in total. The molecule has 0 aromatic heterocycles. The molecule has 0 bridgehead atoms. The fourth-order valence-corrected chi connectivity index (χ4v) is 5.95. The Bertz CT molecular complexity index is 1340.